The molecular weight excluding hydrogens is 356 g/mol. The van der Waals surface area contributed by atoms with E-state index in [1.165, 1.54) is 11.3 Å². The molecule has 3 heterocycles. The number of fused-ring (bicyclic) bond motifs is 1. The van der Waals surface area contributed by atoms with Gasteiger partial charge in [-0.15, -0.1) is 11.3 Å². The monoisotopic (exact) mass is 384 g/mol. The van der Waals surface area contributed by atoms with Gasteiger partial charge < -0.3 is 5.11 Å². The summed E-state index contributed by atoms with van der Waals surface area (Å²) in [5.74, 6) is 0. The third-order valence-corrected chi connectivity index (χ3v) is 6.37. The maximum atomic E-state index is 9.56. The Morgan fingerprint density at radius 1 is 1.22 bits per heavy atom. The summed E-state index contributed by atoms with van der Waals surface area (Å²) in [5.41, 5.74) is 3.82. The summed E-state index contributed by atoms with van der Waals surface area (Å²) >= 11 is 1.69. The molecule has 0 spiro atoms. The van der Waals surface area contributed by atoms with Gasteiger partial charge in [0.05, 0.1) is 11.4 Å². The molecule has 1 aromatic carbocycles. The predicted octanol–water partition coefficient (Wildman–Crippen LogP) is 2.82. The van der Waals surface area contributed by atoms with Crippen molar-refractivity contribution in [3.8, 4) is 0 Å². The van der Waals surface area contributed by atoms with Crippen LogP contribution >= 0.6 is 11.3 Å². The van der Waals surface area contributed by atoms with Gasteiger partial charge in [-0.2, -0.15) is 0 Å². The van der Waals surface area contributed by atoms with Crippen LogP contribution in [0.15, 0.2) is 41.9 Å². The van der Waals surface area contributed by atoms with Crippen LogP contribution < -0.4 is 0 Å². The summed E-state index contributed by atoms with van der Waals surface area (Å²) in [7, 11) is 0. The Morgan fingerprint density at radius 2 is 2.07 bits per heavy atom. The molecule has 0 amide bonds. The highest BCUT2D eigenvalue weighted by molar-refractivity contribution is 7.15. The summed E-state index contributed by atoms with van der Waals surface area (Å²) in [6, 6.07) is 11.1. The molecule has 1 aliphatic heterocycles. The maximum Gasteiger partial charge on any atom is 0.194 e. The Hall–Kier alpha value is -1.73. The average Bonchev–Trinajstić information content (AvgIpc) is 3.24. The Bertz CT molecular complexity index is 860. The number of aromatic nitrogens is 2. The molecule has 27 heavy (non-hydrogen) atoms. The highest BCUT2D eigenvalue weighted by Crippen LogP contribution is 2.21. The van der Waals surface area contributed by atoms with Crippen molar-refractivity contribution < 1.29 is 5.11 Å². The zero-order valence-electron chi connectivity index (χ0n) is 15.9. The van der Waals surface area contributed by atoms with E-state index in [9.17, 15) is 5.11 Å². The molecule has 1 atom stereocenters. The molecule has 0 radical (unpaired) electrons. The molecule has 1 fully saturated rings. The normalized spacial score (nSPS) is 19.1. The predicted molar refractivity (Wildman–Crippen MR) is 110 cm³/mol. The number of hydrogen-bond donors (Lipinski definition) is 1. The Labute approximate surface area is 164 Å². The summed E-state index contributed by atoms with van der Waals surface area (Å²) in [6.45, 7) is 7.47. The van der Waals surface area contributed by atoms with Gasteiger partial charge in [-0.25, -0.2) is 4.98 Å². The second-order valence-electron chi connectivity index (χ2n) is 7.37. The molecule has 0 aliphatic carbocycles. The lowest BCUT2D eigenvalue weighted by Crippen LogP contribution is -2.53. The number of piperazine rings is 1. The third-order valence-electron chi connectivity index (χ3n) is 5.62. The highest BCUT2D eigenvalue weighted by atomic mass is 32.1. The van der Waals surface area contributed by atoms with Crippen LogP contribution in [-0.2, 0) is 13.0 Å². The van der Waals surface area contributed by atoms with Crippen molar-refractivity contribution in [1.29, 1.82) is 0 Å². The van der Waals surface area contributed by atoms with Crippen molar-refractivity contribution in [2.45, 2.75) is 32.4 Å². The summed E-state index contributed by atoms with van der Waals surface area (Å²) in [6.07, 6.45) is 4.03. The first-order chi connectivity index (χ1) is 13.2. The second-order valence-corrected chi connectivity index (χ2v) is 8.25. The van der Waals surface area contributed by atoms with E-state index in [1.54, 1.807) is 11.3 Å². The van der Waals surface area contributed by atoms with Gasteiger partial charge in [0.25, 0.3) is 0 Å². The number of aryl methyl sites for hydroxylation is 1. The molecule has 0 bridgehead atoms. The number of aliphatic hydroxyl groups is 1. The lowest BCUT2D eigenvalue weighted by molar-refractivity contribution is 0.0554. The first-order valence-electron chi connectivity index (χ1n) is 9.77. The minimum absolute atomic E-state index is 0.251. The van der Waals surface area contributed by atoms with E-state index < -0.39 is 0 Å². The minimum atomic E-state index is 0.251. The van der Waals surface area contributed by atoms with Crippen LogP contribution in [-0.4, -0.2) is 63.1 Å². The first kappa shape index (κ1) is 18.6. The van der Waals surface area contributed by atoms with Crippen molar-refractivity contribution >= 4 is 16.3 Å². The van der Waals surface area contributed by atoms with Gasteiger partial charge in [0, 0.05) is 56.9 Å². The second kappa shape index (κ2) is 8.52. The molecule has 1 aliphatic rings. The number of thiazole rings is 1. The fourth-order valence-electron chi connectivity index (χ4n) is 4.08. The summed E-state index contributed by atoms with van der Waals surface area (Å²) in [5, 5.41) is 11.7. The molecular formula is C21H28N4OS. The fourth-order valence-corrected chi connectivity index (χ4v) is 4.86. The van der Waals surface area contributed by atoms with Gasteiger partial charge in [-0.05, 0) is 25.3 Å². The molecule has 3 aromatic rings. The van der Waals surface area contributed by atoms with Crippen LogP contribution in [0.25, 0.3) is 4.96 Å². The Morgan fingerprint density at radius 3 is 2.89 bits per heavy atom. The molecule has 6 heteroatoms. The molecule has 144 valence electrons. The van der Waals surface area contributed by atoms with Gasteiger partial charge in [-0.1, -0.05) is 30.3 Å². The van der Waals surface area contributed by atoms with E-state index in [2.05, 4.69) is 68.0 Å². The van der Waals surface area contributed by atoms with E-state index in [-0.39, 0.29) is 6.61 Å². The molecule has 2 aromatic heterocycles. The van der Waals surface area contributed by atoms with Gasteiger partial charge in [0.1, 0.15) is 0 Å². The van der Waals surface area contributed by atoms with Crippen LogP contribution in [0.1, 0.15) is 23.4 Å². The van der Waals surface area contributed by atoms with Crippen molar-refractivity contribution in [3.05, 3.63) is 58.9 Å². The van der Waals surface area contributed by atoms with Gasteiger partial charge in [0.2, 0.25) is 0 Å². The van der Waals surface area contributed by atoms with Crippen molar-refractivity contribution in [2.75, 3.05) is 32.8 Å². The van der Waals surface area contributed by atoms with E-state index in [4.69, 9.17) is 0 Å². The molecule has 1 N–H and O–H groups in total. The largest absolute Gasteiger partial charge is 0.396 e. The number of aliphatic hydroxyl groups excluding tert-OH is 1. The van der Waals surface area contributed by atoms with Crippen LogP contribution in [0.3, 0.4) is 0 Å². The lowest BCUT2D eigenvalue weighted by Gasteiger charge is -2.41. The number of nitrogens with zero attached hydrogens (tertiary/aromatic N) is 4. The van der Waals surface area contributed by atoms with Crippen LogP contribution in [0.5, 0.6) is 0 Å². The maximum absolute atomic E-state index is 9.56. The van der Waals surface area contributed by atoms with Crippen LogP contribution in [0, 0.1) is 6.92 Å². The number of hydrogen-bond acceptors (Lipinski definition) is 5. The summed E-state index contributed by atoms with van der Waals surface area (Å²) < 4.78 is 2.23. The third kappa shape index (κ3) is 4.24. The van der Waals surface area contributed by atoms with Gasteiger partial charge in [0.15, 0.2) is 4.96 Å². The highest BCUT2D eigenvalue weighted by Gasteiger charge is 2.27. The minimum Gasteiger partial charge on any atom is -0.396 e. The first-order valence-corrected chi connectivity index (χ1v) is 10.6. The van der Waals surface area contributed by atoms with E-state index in [0.29, 0.717) is 6.04 Å². The quantitative estimate of drug-likeness (QED) is 0.680. The van der Waals surface area contributed by atoms with E-state index >= 15 is 0 Å². The van der Waals surface area contributed by atoms with Crippen LogP contribution in [0.2, 0.25) is 0 Å². The van der Waals surface area contributed by atoms with E-state index in [0.717, 1.165) is 56.2 Å². The number of benzene rings is 1. The molecule has 0 unspecified atom stereocenters. The zero-order valence-corrected chi connectivity index (χ0v) is 16.7. The standard InChI is InChI=1S/C21H28N4OS/c1-17-20(25-12-14-27-21(25)22-17)16-23-10-11-24(19(15-23)8-13-26)9-7-18-5-3-2-4-6-18/h2-6,12,14,19,26H,7-11,13,15-16H2,1H3/t19-/m0/s1. The lowest BCUT2D eigenvalue weighted by atomic mass is 10.1. The Kier molecular flexibility index (Phi) is 5.88. The molecule has 5 nitrogen and oxygen atoms in total. The number of rotatable bonds is 7. The smallest absolute Gasteiger partial charge is 0.194 e. The van der Waals surface area contributed by atoms with Gasteiger partial charge >= 0.3 is 0 Å². The average molecular weight is 385 g/mol. The van der Waals surface area contributed by atoms with Crippen LogP contribution in [0.4, 0.5) is 0 Å². The summed E-state index contributed by atoms with van der Waals surface area (Å²) in [4.78, 5) is 10.8. The van der Waals surface area contributed by atoms with Crippen molar-refractivity contribution in [3.63, 3.8) is 0 Å². The van der Waals surface area contributed by atoms with E-state index in [1.807, 2.05) is 0 Å². The molecule has 0 saturated carbocycles. The van der Waals surface area contributed by atoms with Crippen molar-refractivity contribution in [1.82, 2.24) is 19.2 Å². The Balaban J connectivity index is 1.40. The molecule has 4 rings (SSSR count). The topological polar surface area (TPSA) is 44.0 Å². The number of imidazole rings is 1. The fraction of sp³-hybridized carbons (Fsp3) is 0.476. The molecule has 1 saturated heterocycles. The van der Waals surface area contributed by atoms with Gasteiger partial charge in [-0.3, -0.25) is 14.2 Å². The van der Waals surface area contributed by atoms with Crippen molar-refractivity contribution in [2.24, 2.45) is 0 Å². The zero-order chi connectivity index (χ0) is 18.6. The SMILES string of the molecule is Cc1nc2sccn2c1CN1CCN(CCc2ccccc2)[C@@H](CCO)C1.